The van der Waals surface area contributed by atoms with E-state index in [-0.39, 0.29) is 5.72 Å². The Bertz CT molecular complexity index is 106. The Kier molecular flexibility index (Phi) is 2.32. The zero-order valence-electron chi connectivity index (χ0n) is 7.11. The lowest BCUT2D eigenvalue weighted by molar-refractivity contribution is -0.0148. The molecule has 1 atom stereocenters. The highest BCUT2D eigenvalue weighted by Crippen LogP contribution is 2.22. The summed E-state index contributed by atoms with van der Waals surface area (Å²) in [4.78, 5) is 0. The third-order valence-corrected chi connectivity index (χ3v) is 1.81. The molecular weight excluding hydrogens is 126 g/mol. The summed E-state index contributed by atoms with van der Waals surface area (Å²) in [5.74, 6) is 0. The lowest BCUT2D eigenvalue weighted by Crippen LogP contribution is -2.45. The number of hydrogen-bond donors (Lipinski definition) is 1. The molecule has 0 bridgehead atoms. The molecule has 1 aliphatic heterocycles. The highest BCUT2D eigenvalue weighted by atomic mass is 16.5. The van der Waals surface area contributed by atoms with Crippen LogP contribution in [0.1, 0.15) is 33.6 Å². The van der Waals surface area contributed by atoms with Gasteiger partial charge >= 0.3 is 0 Å². The third kappa shape index (κ3) is 1.96. The van der Waals surface area contributed by atoms with Crippen molar-refractivity contribution in [1.29, 1.82) is 0 Å². The summed E-state index contributed by atoms with van der Waals surface area (Å²) in [6.45, 7) is 7.33. The molecule has 1 aliphatic rings. The van der Waals surface area contributed by atoms with Gasteiger partial charge in [-0.1, -0.05) is 0 Å². The fraction of sp³-hybridized carbons (Fsp3) is 1.00. The monoisotopic (exact) mass is 143 g/mol. The first-order chi connectivity index (χ1) is 4.62. The molecule has 0 saturated carbocycles. The largest absolute Gasteiger partial charge is 0.361 e. The number of nitrogens with one attached hydrogen (secondary N) is 1. The molecule has 0 aliphatic carbocycles. The van der Waals surface area contributed by atoms with Crippen LogP contribution in [0.2, 0.25) is 0 Å². The average molecular weight is 143 g/mol. The molecule has 1 unspecified atom stereocenters. The predicted octanol–water partition coefficient (Wildman–Crippen LogP) is 1.51. The SMILES string of the molecule is CC(C)NC1(C)CCCO1. The van der Waals surface area contributed by atoms with Gasteiger partial charge in [-0.15, -0.1) is 0 Å². The van der Waals surface area contributed by atoms with E-state index >= 15 is 0 Å². The predicted molar refractivity (Wildman–Crippen MR) is 41.9 cm³/mol. The molecule has 1 N–H and O–H groups in total. The first kappa shape index (κ1) is 8.02. The fourth-order valence-corrected chi connectivity index (χ4v) is 1.50. The minimum absolute atomic E-state index is 0.0336. The van der Waals surface area contributed by atoms with Crippen LogP contribution in [0.15, 0.2) is 0 Å². The maximum Gasteiger partial charge on any atom is 0.116 e. The van der Waals surface area contributed by atoms with E-state index in [0.29, 0.717) is 6.04 Å². The normalized spacial score (nSPS) is 33.6. The lowest BCUT2D eigenvalue weighted by atomic mass is 10.1. The Hall–Kier alpha value is -0.0800. The summed E-state index contributed by atoms with van der Waals surface area (Å²) in [5.41, 5.74) is -0.0336. The number of hydrogen-bond acceptors (Lipinski definition) is 2. The molecule has 0 spiro atoms. The minimum Gasteiger partial charge on any atom is -0.361 e. The van der Waals surface area contributed by atoms with Crippen LogP contribution in [0.4, 0.5) is 0 Å². The van der Waals surface area contributed by atoms with Crippen LogP contribution in [0, 0.1) is 0 Å². The van der Waals surface area contributed by atoms with Crippen LogP contribution in [0.25, 0.3) is 0 Å². The van der Waals surface area contributed by atoms with Gasteiger partial charge in [0, 0.05) is 12.6 Å². The van der Waals surface area contributed by atoms with Gasteiger partial charge in [0.1, 0.15) is 5.72 Å². The molecule has 1 fully saturated rings. The van der Waals surface area contributed by atoms with Gasteiger partial charge in [0.05, 0.1) is 0 Å². The second kappa shape index (κ2) is 2.89. The first-order valence-electron chi connectivity index (χ1n) is 4.04. The van der Waals surface area contributed by atoms with Gasteiger partial charge in [0.2, 0.25) is 0 Å². The zero-order chi connectivity index (χ0) is 7.61. The molecule has 2 heteroatoms. The highest BCUT2D eigenvalue weighted by molar-refractivity contribution is 4.78. The first-order valence-corrected chi connectivity index (χ1v) is 4.04. The fourth-order valence-electron chi connectivity index (χ4n) is 1.50. The quantitative estimate of drug-likeness (QED) is 0.632. The lowest BCUT2D eigenvalue weighted by Gasteiger charge is -2.27. The number of rotatable bonds is 2. The summed E-state index contributed by atoms with van der Waals surface area (Å²) < 4.78 is 5.54. The van der Waals surface area contributed by atoms with E-state index in [1.807, 2.05) is 0 Å². The minimum atomic E-state index is -0.0336. The molecular formula is C8H17NO. The van der Waals surface area contributed by atoms with E-state index in [0.717, 1.165) is 13.0 Å². The van der Waals surface area contributed by atoms with Crippen LogP contribution in [0.5, 0.6) is 0 Å². The summed E-state index contributed by atoms with van der Waals surface area (Å²) in [6, 6.07) is 0.517. The highest BCUT2D eigenvalue weighted by Gasteiger charge is 2.29. The van der Waals surface area contributed by atoms with E-state index in [1.165, 1.54) is 6.42 Å². The molecule has 60 valence electrons. The molecule has 1 saturated heterocycles. The van der Waals surface area contributed by atoms with Crippen molar-refractivity contribution in [2.75, 3.05) is 6.61 Å². The summed E-state index contributed by atoms with van der Waals surface area (Å²) in [5, 5.41) is 3.40. The summed E-state index contributed by atoms with van der Waals surface area (Å²) in [7, 11) is 0. The van der Waals surface area contributed by atoms with Crippen LogP contribution in [-0.4, -0.2) is 18.4 Å². The van der Waals surface area contributed by atoms with E-state index in [2.05, 4.69) is 26.1 Å². The third-order valence-electron chi connectivity index (χ3n) is 1.81. The Morgan fingerprint density at radius 1 is 1.50 bits per heavy atom. The second-order valence-electron chi connectivity index (χ2n) is 3.48. The Morgan fingerprint density at radius 2 is 2.20 bits per heavy atom. The summed E-state index contributed by atoms with van der Waals surface area (Å²) in [6.07, 6.45) is 2.33. The molecule has 2 nitrogen and oxygen atoms in total. The second-order valence-corrected chi connectivity index (χ2v) is 3.48. The molecule has 0 radical (unpaired) electrons. The van der Waals surface area contributed by atoms with Crippen molar-refractivity contribution in [2.24, 2.45) is 0 Å². The molecule has 10 heavy (non-hydrogen) atoms. The summed E-state index contributed by atoms with van der Waals surface area (Å²) >= 11 is 0. The van der Waals surface area contributed by atoms with E-state index in [9.17, 15) is 0 Å². The van der Waals surface area contributed by atoms with Crippen LogP contribution in [-0.2, 0) is 4.74 Å². The smallest absolute Gasteiger partial charge is 0.116 e. The van der Waals surface area contributed by atoms with Gasteiger partial charge in [-0.05, 0) is 33.6 Å². The van der Waals surface area contributed by atoms with E-state index < -0.39 is 0 Å². The van der Waals surface area contributed by atoms with Gasteiger partial charge in [-0.25, -0.2) is 0 Å². The van der Waals surface area contributed by atoms with Crippen molar-refractivity contribution >= 4 is 0 Å². The van der Waals surface area contributed by atoms with Crippen molar-refractivity contribution < 1.29 is 4.74 Å². The van der Waals surface area contributed by atoms with E-state index in [1.54, 1.807) is 0 Å². The zero-order valence-corrected chi connectivity index (χ0v) is 7.11. The maximum absolute atomic E-state index is 5.54. The van der Waals surface area contributed by atoms with Crippen molar-refractivity contribution in [1.82, 2.24) is 5.32 Å². The van der Waals surface area contributed by atoms with Crippen molar-refractivity contribution in [3.63, 3.8) is 0 Å². The topological polar surface area (TPSA) is 21.3 Å². The molecule has 1 heterocycles. The molecule has 0 aromatic rings. The van der Waals surface area contributed by atoms with Gasteiger partial charge in [0.15, 0.2) is 0 Å². The average Bonchev–Trinajstić information content (AvgIpc) is 2.12. The van der Waals surface area contributed by atoms with Crippen molar-refractivity contribution in [3.05, 3.63) is 0 Å². The molecule has 1 rings (SSSR count). The van der Waals surface area contributed by atoms with Crippen molar-refractivity contribution in [3.8, 4) is 0 Å². The maximum atomic E-state index is 5.54. The number of ether oxygens (including phenoxy) is 1. The molecule has 0 amide bonds. The Morgan fingerprint density at radius 3 is 2.60 bits per heavy atom. The van der Waals surface area contributed by atoms with Gasteiger partial charge < -0.3 is 4.74 Å². The Balaban J connectivity index is 2.36. The standard InChI is InChI=1S/C8H17NO/c1-7(2)9-8(3)5-4-6-10-8/h7,9H,4-6H2,1-3H3. The Labute approximate surface area is 63.0 Å². The van der Waals surface area contributed by atoms with Crippen LogP contribution >= 0.6 is 0 Å². The van der Waals surface area contributed by atoms with Gasteiger partial charge in [-0.2, -0.15) is 0 Å². The van der Waals surface area contributed by atoms with Gasteiger partial charge in [-0.3, -0.25) is 5.32 Å². The van der Waals surface area contributed by atoms with Crippen LogP contribution in [0.3, 0.4) is 0 Å². The van der Waals surface area contributed by atoms with Gasteiger partial charge in [0.25, 0.3) is 0 Å². The molecule has 0 aromatic heterocycles. The van der Waals surface area contributed by atoms with Crippen LogP contribution < -0.4 is 5.32 Å². The van der Waals surface area contributed by atoms with E-state index in [4.69, 9.17) is 4.74 Å². The molecule has 0 aromatic carbocycles. The van der Waals surface area contributed by atoms with Crippen molar-refractivity contribution in [2.45, 2.75) is 45.4 Å².